The molecule has 1 amide bonds. The van der Waals surface area contributed by atoms with Crippen LogP contribution in [-0.2, 0) is 0 Å². The van der Waals surface area contributed by atoms with Gasteiger partial charge in [0.1, 0.15) is 0 Å². The molecule has 2 aliphatic carbocycles. The first-order valence-electron chi connectivity index (χ1n) is 8.29. The van der Waals surface area contributed by atoms with E-state index in [-0.39, 0.29) is 18.3 Å². The van der Waals surface area contributed by atoms with Crippen molar-refractivity contribution in [3.05, 3.63) is 29.3 Å². The predicted molar refractivity (Wildman–Crippen MR) is 99.5 cm³/mol. The number of thioether (sulfide) groups is 1. The van der Waals surface area contributed by atoms with Gasteiger partial charge in [-0.2, -0.15) is 0 Å². The summed E-state index contributed by atoms with van der Waals surface area (Å²) in [6, 6.07) is 6.77. The average Bonchev–Trinajstić information content (AvgIpc) is 2.48. The fraction of sp³-hybridized carbons (Fsp3) is 0.611. The van der Waals surface area contributed by atoms with E-state index in [1.807, 2.05) is 25.3 Å². The lowest BCUT2D eigenvalue weighted by Crippen LogP contribution is -2.53. The van der Waals surface area contributed by atoms with Crippen LogP contribution in [0.5, 0.6) is 0 Å². The number of benzene rings is 1. The molecule has 2 unspecified atom stereocenters. The molecular weight excluding hydrogens is 328 g/mol. The van der Waals surface area contributed by atoms with Gasteiger partial charge < -0.3 is 11.1 Å². The minimum atomic E-state index is 0. The molecule has 0 aromatic heterocycles. The SMILES string of the molecule is CSc1ccc(C)c(C(=O)NC2C3CCCC2CC(N)C3)c1.Cl. The number of nitrogens with one attached hydrogen (secondary N) is 1. The highest BCUT2D eigenvalue weighted by molar-refractivity contribution is 7.98. The minimum absolute atomic E-state index is 0. The van der Waals surface area contributed by atoms with Crippen LogP contribution in [0.1, 0.15) is 48.0 Å². The second-order valence-corrected chi connectivity index (χ2v) is 7.74. The van der Waals surface area contributed by atoms with Gasteiger partial charge >= 0.3 is 0 Å². The van der Waals surface area contributed by atoms with Gasteiger partial charge in [0, 0.05) is 22.5 Å². The summed E-state index contributed by atoms with van der Waals surface area (Å²) in [5.74, 6) is 1.22. The molecule has 5 heteroatoms. The molecule has 1 aromatic carbocycles. The van der Waals surface area contributed by atoms with Gasteiger partial charge in [0.05, 0.1) is 0 Å². The third kappa shape index (κ3) is 4.04. The second kappa shape index (κ2) is 7.91. The van der Waals surface area contributed by atoms with Gasteiger partial charge in [0.25, 0.3) is 5.91 Å². The monoisotopic (exact) mass is 354 g/mol. The van der Waals surface area contributed by atoms with Crippen LogP contribution in [0.3, 0.4) is 0 Å². The second-order valence-electron chi connectivity index (χ2n) is 6.86. The van der Waals surface area contributed by atoms with Crippen molar-refractivity contribution in [2.75, 3.05) is 6.26 Å². The van der Waals surface area contributed by atoms with Crippen molar-refractivity contribution in [3.63, 3.8) is 0 Å². The van der Waals surface area contributed by atoms with E-state index < -0.39 is 0 Å². The molecule has 0 heterocycles. The van der Waals surface area contributed by atoms with Crippen molar-refractivity contribution in [2.45, 2.75) is 56.0 Å². The Morgan fingerprint density at radius 1 is 1.26 bits per heavy atom. The van der Waals surface area contributed by atoms with E-state index in [9.17, 15) is 4.79 Å². The quantitative estimate of drug-likeness (QED) is 0.812. The van der Waals surface area contributed by atoms with Crippen LogP contribution in [-0.4, -0.2) is 24.2 Å². The Kier molecular flexibility index (Phi) is 6.40. The van der Waals surface area contributed by atoms with Gasteiger partial charge in [-0.1, -0.05) is 12.5 Å². The first kappa shape index (κ1) is 18.6. The highest BCUT2D eigenvalue weighted by Gasteiger charge is 2.40. The zero-order chi connectivity index (χ0) is 15.7. The summed E-state index contributed by atoms with van der Waals surface area (Å²) in [5.41, 5.74) is 8.04. The van der Waals surface area contributed by atoms with Crippen LogP contribution in [0.4, 0.5) is 0 Å². The minimum Gasteiger partial charge on any atom is -0.349 e. The smallest absolute Gasteiger partial charge is 0.251 e. The van der Waals surface area contributed by atoms with E-state index in [0.29, 0.717) is 23.9 Å². The molecule has 0 spiro atoms. The third-order valence-electron chi connectivity index (χ3n) is 5.36. The Bertz CT molecular complexity index is 552. The maximum absolute atomic E-state index is 12.8. The van der Waals surface area contributed by atoms with Crippen LogP contribution in [0, 0.1) is 18.8 Å². The van der Waals surface area contributed by atoms with Gasteiger partial charge in [-0.15, -0.1) is 24.2 Å². The Balaban J connectivity index is 0.00000192. The molecule has 2 aliphatic rings. The molecule has 128 valence electrons. The lowest BCUT2D eigenvalue weighted by molar-refractivity contribution is 0.0755. The number of hydrogen-bond donors (Lipinski definition) is 2. The van der Waals surface area contributed by atoms with Crippen molar-refractivity contribution in [3.8, 4) is 0 Å². The number of amides is 1. The summed E-state index contributed by atoms with van der Waals surface area (Å²) in [6.45, 7) is 2.01. The Labute approximate surface area is 149 Å². The first-order chi connectivity index (χ1) is 10.6. The Morgan fingerprint density at radius 3 is 2.52 bits per heavy atom. The zero-order valence-electron chi connectivity index (χ0n) is 13.9. The number of aryl methyl sites for hydroxylation is 1. The molecule has 2 bridgehead atoms. The fourth-order valence-corrected chi connectivity index (χ4v) is 4.67. The van der Waals surface area contributed by atoms with Crippen LogP contribution < -0.4 is 11.1 Å². The molecular formula is C18H27ClN2OS. The van der Waals surface area contributed by atoms with E-state index in [4.69, 9.17) is 5.73 Å². The molecule has 2 saturated carbocycles. The molecule has 3 N–H and O–H groups in total. The highest BCUT2D eigenvalue weighted by atomic mass is 35.5. The van der Waals surface area contributed by atoms with Crippen molar-refractivity contribution < 1.29 is 4.79 Å². The summed E-state index contributed by atoms with van der Waals surface area (Å²) < 4.78 is 0. The average molecular weight is 355 g/mol. The summed E-state index contributed by atoms with van der Waals surface area (Å²) in [7, 11) is 0. The van der Waals surface area contributed by atoms with Crippen molar-refractivity contribution >= 4 is 30.1 Å². The Hall–Kier alpha value is -0.710. The van der Waals surface area contributed by atoms with E-state index >= 15 is 0 Å². The number of carbonyl (C=O) groups excluding carboxylic acids is 1. The molecule has 0 radical (unpaired) electrons. The molecule has 3 rings (SSSR count). The van der Waals surface area contributed by atoms with Gasteiger partial charge in [-0.05, 0) is 68.4 Å². The standard InChI is InChI=1S/C18H26N2OS.ClH/c1-11-6-7-15(22-2)10-16(11)18(21)20-17-12-4-3-5-13(17)9-14(19)8-12;/h6-7,10,12-14,17H,3-5,8-9,19H2,1-2H3,(H,20,21);1H. The number of halogens is 1. The predicted octanol–water partition coefficient (Wildman–Crippen LogP) is 3.77. The topological polar surface area (TPSA) is 55.1 Å². The molecule has 2 fully saturated rings. The largest absolute Gasteiger partial charge is 0.349 e. The molecule has 2 atom stereocenters. The van der Waals surface area contributed by atoms with Gasteiger partial charge in [-0.25, -0.2) is 0 Å². The molecule has 23 heavy (non-hydrogen) atoms. The number of fused-ring (bicyclic) bond motifs is 2. The molecule has 0 aliphatic heterocycles. The van der Waals surface area contributed by atoms with E-state index in [0.717, 1.165) is 28.9 Å². The normalized spacial score (nSPS) is 29.5. The molecule has 3 nitrogen and oxygen atoms in total. The Morgan fingerprint density at radius 2 is 1.91 bits per heavy atom. The van der Waals surface area contributed by atoms with Crippen molar-refractivity contribution in [1.82, 2.24) is 5.32 Å². The van der Waals surface area contributed by atoms with Crippen molar-refractivity contribution in [1.29, 1.82) is 0 Å². The van der Waals surface area contributed by atoms with Crippen molar-refractivity contribution in [2.24, 2.45) is 17.6 Å². The van der Waals surface area contributed by atoms with Crippen LogP contribution in [0.15, 0.2) is 23.1 Å². The van der Waals surface area contributed by atoms with E-state index in [1.54, 1.807) is 11.8 Å². The van der Waals surface area contributed by atoms with Crippen LogP contribution in [0.2, 0.25) is 0 Å². The maximum Gasteiger partial charge on any atom is 0.251 e. The maximum atomic E-state index is 12.8. The summed E-state index contributed by atoms with van der Waals surface area (Å²) in [4.78, 5) is 13.9. The van der Waals surface area contributed by atoms with Gasteiger partial charge in [-0.3, -0.25) is 4.79 Å². The first-order valence-corrected chi connectivity index (χ1v) is 9.52. The summed E-state index contributed by atoms with van der Waals surface area (Å²) in [5, 5.41) is 3.35. The lowest BCUT2D eigenvalue weighted by Gasteiger charge is -2.45. The highest BCUT2D eigenvalue weighted by Crippen LogP contribution is 2.39. The fourth-order valence-electron chi connectivity index (χ4n) is 4.23. The third-order valence-corrected chi connectivity index (χ3v) is 6.09. The van der Waals surface area contributed by atoms with E-state index in [1.165, 1.54) is 19.3 Å². The van der Waals surface area contributed by atoms with Crippen LogP contribution in [0.25, 0.3) is 0 Å². The van der Waals surface area contributed by atoms with E-state index in [2.05, 4.69) is 11.4 Å². The summed E-state index contributed by atoms with van der Waals surface area (Å²) >= 11 is 1.68. The number of carbonyl (C=O) groups is 1. The molecule has 0 saturated heterocycles. The molecule has 1 aromatic rings. The lowest BCUT2D eigenvalue weighted by atomic mass is 9.67. The number of nitrogens with two attached hydrogens (primary N) is 1. The van der Waals surface area contributed by atoms with Gasteiger partial charge in [0.15, 0.2) is 0 Å². The number of hydrogen-bond acceptors (Lipinski definition) is 3. The van der Waals surface area contributed by atoms with Gasteiger partial charge in [0.2, 0.25) is 0 Å². The number of rotatable bonds is 3. The summed E-state index contributed by atoms with van der Waals surface area (Å²) in [6.07, 6.45) is 7.86. The zero-order valence-corrected chi connectivity index (χ0v) is 15.5. The van der Waals surface area contributed by atoms with Crippen LogP contribution >= 0.6 is 24.2 Å².